The summed E-state index contributed by atoms with van der Waals surface area (Å²) in [7, 11) is -3.56. The molecule has 2 aromatic carbocycles. The fourth-order valence-corrected chi connectivity index (χ4v) is 3.84. The van der Waals surface area contributed by atoms with Gasteiger partial charge in [-0.2, -0.15) is 0 Å². The molecule has 7 heteroatoms. The van der Waals surface area contributed by atoms with Crippen molar-refractivity contribution in [1.29, 1.82) is 0 Å². The van der Waals surface area contributed by atoms with E-state index in [0.717, 1.165) is 18.8 Å². The number of aryl methyl sites for hydroxylation is 1. The molecule has 0 spiro atoms. The average molecular weight is 364 g/mol. The van der Waals surface area contributed by atoms with Gasteiger partial charge in [-0.05, 0) is 36.2 Å². The first kappa shape index (κ1) is 17.7. The summed E-state index contributed by atoms with van der Waals surface area (Å²) in [5.41, 5.74) is 1.87. The zero-order valence-corrected chi connectivity index (χ0v) is 14.6. The van der Waals surface area contributed by atoms with Crippen LogP contribution in [0.25, 0.3) is 0 Å². The molecule has 25 heavy (non-hydrogen) atoms. The first-order chi connectivity index (χ1) is 12.0. The van der Waals surface area contributed by atoms with E-state index in [2.05, 4.69) is 9.62 Å². The molecule has 0 aromatic heterocycles. The van der Waals surface area contributed by atoms with E-state index >= 15 is 0 Å². The lowest BCUT2D eigenvalue weighted by atomic mass is 10.2. The topological polar surface area (TPSA) is 58.6 Å². The van der Waals surface area contributed by atoms with Crippen molar-refractivity contribution >= 4 is 21.4 Å². The monoisotopic (exact) mass is 364 g/mol. The lowest BCUT2D eigenvalue weighted by Crippen LogP contribution is -2.36. The number of morpholine rings is 1. The van der Waals surface area contributed by atoms with Crippen molar-refractivity contribution in [2.75, 3.05) is 41.7 Å². The van der Waals surface area contributed by atoms with Crippen molar-refractivity contribution in [1.82, 2.24) is 0 Å². The lowest BCUT2D eigenvalue weighted by Gasteiger charge is -2.29. The van der Waals surface area contributed by atoms with Gasteiger partial charge in [0.25, 0.3) is 0 Å². The summed E-state index contributed by atoms with van der Waals surface area (Å²) in [5.74, 6) is -0.553. The highest BCUT2D eigenvalue weighted by molar-refractivity contribution is 7.92. The van der Waals surface area contributed by atoms with Gasteiger partial charge < -0.3 is 9.64 Å². The maximum absolute atomic E-state index is 13.6. The lowest BCUT2D eigenvalue weighted by molar-refractivity contribution is 0.122. The van der Waals surface area contributed by atoms with Crippen LogP contribution < -0.4 is 9.62 Å². The third kappa shape index (κ3) is 4.93. The number of ether oxygens (including phenoxy) is 1. The number of sulfonamides is 1. The summed E-state index contributed by atoms with van der Waals surface area (Å²) in [6.45, 7) is 2.89. The van der Waals surface area contributed by atoms with Crippen molar-refractivity contribution in [3.8, 4) is 0 Å². The second-order valence-electron chi connectivity index (χ2n) is 5.91. The largest absolute Gasteiger partial charge is 0.378 e. The number of halogens is 1. The van der Waals surface area contributed by atoms with Crippen molar-refractivity contribution in [2.45, 2.75) is 6.42 Å². The van der Waals surface area contributed by atoms with Gasteiger partial charge in [-0.1, -0.05) is 24.3 Å². The highest BCUT2D eigenvalue weighted by Gasteiger charge is 2.15. The van der Waals surface area contributed by atoms with Crippen LogP contribution in [0.2, 0.25) is 0 Å². The Labute approximate surface area is 147 Å². The third-order valence-electron chi connectivity index (χ3n) is 4.09. The summed E-state index contributed by atoms with van der Waals surface area (Å²) < 4.78 is 46.1. The number of nitrogens with one attached hydrogen (secondary N) is 1. The number of hydrogen-bond acceptors (Lipinski definition) is 4. The molecule has 1 fully saturated rings. The molecule has 1 N–H and O–H groups in total. The minimum Gasteiger partial charge on any atom is -0.378 e. The van der Waals surface area contributed by atoms with Crippen LogP contribution in [0.5, 0.6) is 0 Å². The summed E-state index contributed by atoms with van der Waals surface area (Å²) in [6.07, 6.45) is 0.130. The van der Waals surface area contributed by atoms with E-state index < -0.39 is 10.0 Å². The Balaban J connectivity index is 1.65. The molecule has 0 saturated carbocycles. The minimum absolute atomic E-state index is 0.130. The van der Waals surface area contributed by atoms with Gasteiger partial charge in [-0.15, -0.1) is 0 Å². The second-order valence-corrected chi connectivity index (χ2v) is 7.75. The van der Waals surface area contributed by atoms with Crippen molar-refractivity contribution in [2.24, 2.45) is 0 Å². The molecule has 5 nitrogen and oxygen atoms in total. The molecule has 0 amide bonds. The molecule has 0 bridgehead atoms. The Morgan fingerprint density at radius 2 is 1.84 bits per heavy atom. The van der Waals surface area contributed by atoms with E-state index in [4.69, 9.17) is 4.74 Å². The number of benzene rings is 2. The van der Waals surface area contributed by atoms with Gasteiger partial charge in [0.15, 0.2) is 0 Å². The van der Waals surface area contributed by atoms with E-state index in [1.54, 1.807) is 24.3 Å². The number of anilines is 2. The molecule has 1 saturated heterocycles. The van der Waals surface area contributed by atoms with Crippen LogP contribution in [0.15, 0.2) is 48.5 Å². The number of rotatable bonds is 6. The summed E-state index contributed by atoms with van der Waals surface area (Å²) >= 11 is 0. The Morgan fingerprint density at radius 3 is 2.60 bits per heavy atom. The highest BCUT2D eigenvalue weighted by atomic mass is 32.2. The molecular weight excluding hydrogens is 343 g/mol. The molecular formula is C18H21FN2O3S. The van der Waals surface area contributed by atoms with Crippen LogP contribution in [-0.4, -0.2) is 40.5 Å². The van der Waals surface area contributed by atoms with E-state index in [1.807, 2.05) is 18.2 Å². The third-order valence-corrected chi connectivity index (χ3v) is 5.38. The standard InChI is InChI=1S/C18H21FN2O3S/c19-18-7-2-1-4-15(18)8-13-25(22,23)20-16-5-3-6-17(14-16)21-9-11-24-12-10-21/h1-7,14,20H,8-13H2. The quantitative estimate of drug-likeness (QED) is 0.856. The fraction of sp³-hybridized carbons (Fsp3) is 0.333. The first-order valence-corrected chi connectivity index (χ1v) is 9.85. The van der Waals surface area contributed by atoms with Gasteiger partial charge in [-0.25, -0.2) is 12.8 Å². The molecule has 3 rings (SSSR count). The van der Waals surface area contributed by atoms with Gasteiger partial charge in [0.2, 0.25) is 10.0 Å². The van der Waals surface area contributed by atoms with Crippen molar-refractivity contribution in [3.63, 3.8) is 0 Å². The molecule has 1 aliphatic rings. The van der Waals surface area contributed by atoms with Gasteiger partial charge in [-0.3, -0.25) is 4.72 Å². The van der Waals surface area contributed by atoms with Crippen LogP contribution in [0.4, 0.5) is 15.8 Å². The molecule has 0 atom stereocenters. The summed E-state index contributed by atoms with van der Waals surface area (Å²) in [4.78, 5) is 2.15. The van der Waals surface area contributed by atoms with Crippen LogP contribution >= 0.6 is 0 Å². The van der Waals surface area contributed by atoms with Crippen LogP contribution in [-0.2, 0) is 21.2 Å². The maximum atomic E-state index is 13.6. The normalized spacial score (nSPS) is 15.2. The fourth-order valence-electron chi connectivity index (χ4n) is 2.76. The molecule has 2 aromatic rings. The molecule has 0 radical (unpaired) electrons. The van der Waals surface area contributed by atoms with Crippen LogP contribution in [0.3, 0.4) is 0 Å². The summed E-state index contributed by atoms with van der Waals surface area (Å²) in [6, 6.07) is 13.5. The highest BCUT2D eigenvalue weighted by Crippen LogP contribution is 2.21. The van der Waals surface area contributed by atoms with E-state index in [-0.39, 0.29) is 18.0 Å². The molecule has 0 aliphatic carbocycles. The second kappa shape index (κ2) is 7.84. The Bertz CT molecular complexity index is 821. The van der Waals surface area contributed by atoms with Crippen molar-refractivity contribution < 1.29 is 17.5 Å². The zero-order valence-electron chi connectivity index (χ0n) is 13.8. The van der Waals surface area contributed by atoms with Gasteiger partial charge in [0, 0.05) is 18.8 Å². The molecule has 1 heterocycles. The smallest absolute Gasteiger partial charge is 0.233 e. The summed E-state index contributed by atoms with van der Waals surface area (Å²) in [5, 5.41) is 0. The maximum Gasteiger partial charge on any atom is 0.233 e. The van der Waals surface area contributed by atoms with E-state index in [0.29, 0.717) is 24.5 Å². The van der Waals surface area contributed by atoms with Crippen LogP contribution in [0.1, 0.15) is 5.56 Å². The van der Waals surface area contributed by atoms with E-state index in [9.17, 15) is 12.8 Å². The number of nitrogens with zero attached hydrogens (tertiary/aromatic N) is 1. The zero-order chi connectivity index (χ0) is 17.7. The number of hydrogen-bond donors (Lipinski definition) is 1. The molecule has 134 valence electrons. The van der Waals surface area contributed by atoms with Gasteiger partial charge >= 0.3 is 0 Å². The molecule has 0 unspecified atom stereocenters. The van der Waals surface area contributed by atoms with Crippen molar-refractivity contribution in [3.05, 3.63) is 59.9 Å². The Morgan fingerprint density at radius 1 is 1.08 bits per heavy atom. The minimum atomic E-state index is -3.56. The first-order valence-electron chi connectivity index (χ1n) is 8.20. The van der Waals surface area contributed by atoms with Gasteiger partial charge in [0.1, 0.15) is 5.82 Å². The predicted molar refractivity (Wildman–Crippen MR) is 97.0 cm³/mol. The Hall–Kier alpha value is -2.12. The average Bonchev–Trinajstić information content (AvgIpc) is 2.62. The van der Waals surface area contributed by atoms with Gasteiger partial charge in [0.05, 0.1) is 24.7 Å². The van der Waals surface area contributed by atoms with Crippen LogP contribution in [0, 0.1) is 5.82 Å². The van der Waals surface area contributed by atoms with E-state index in [1.165, 1.54) is 6.07 Å². The predicted octanol–water partition coefficient (Wildman–Crippen LogP) is 2.65. The molecule has 1 aliphatic heterocycles. The Kier molecular flexibility index (Phi) is 5.55. The SMILES string of the molecule is O=S(=O)(CCc1ccccc1F)Nc1cccc(N2CCOCC2)c1.